The van der Waals surface area contributed by atoms with Crippen molar-refractivity contribution in [3.63, 3.8) is 0 Å². The van der Waals surface area contributed by atoms with Crippen LogP contribution < -0.4 is 5.32 Å². The number of phenols is 1. The van der Waals surface area contributed by atoms with E-state index in [9.17, 15) is 37.5 Å². The van der Waals surface area contributed by atoms with E-state index >= 15 is 0 Å². The highest BCUT2D eigenvalue weighted by Gasteiger charge is 2.39. The molecule has 4 aliphatic heterocycles. The first-order valence-corrected chi connectivity index (χ1v) is 21.0. The predicted octanol–water partition coefficient (Wildman–Crippen LogP) is 6.11. The molecule has 2 aromatic rings. The number of piperidine rings is 3. The summed E-state index contributed by atoms with van der Waals surface area (Å²) in [6.45, 7) is 5.32. The van der Waals surface area contributed by atoms with Crippen LogP contribution in [0.25, 0.3) is 0 Å². The SMILES string of the molecule is CN(C)CCOC(=O)CCN1CCC(C2CCN(C(=O)[C@@H](Cc3cc(Cl)c(O)c(C(F)(F)F)c3)OC(=O)N3CCC(N4CCc5ccccc5NC4=O)CC3)CC2)CC1. The topological polar surface area (TPSA) is 135 Å². The standard InChI is InChI=1S/C42H56ClF3N6O7/c1-48(2)23-24-58-37(53)14-17-49-15-7-29(8-16-49)30-9-18-50(19-10-30)39(55)36(27-28-25-33(42(44,45)46)38(54)34(43)26-28)59-41(57)51-20-12-32(13-21-51)52-22-11-31-5-3-4-6-35(31)47-40(52)56/h3-6,25-26,29-30,32,36,54H,7-24,27H2,1-2H3,(H,47,56)/t36-/m1/s1. The number of phenolic OH excluding ortho intramolecular Hbond substituents is 1. The van der Waals surface area contributed by atoms with E-state index in [4.69, 9.17) is 21.1 Å². The number of nitrogens with one attached hydrogen (secondary N) is 1. The van der Waals surface area contributed by atoms with Crippen molar-refractivity contribution in [2.24, 2.45) is 11.8 Å². The van der Waals surface area contributed by atoms with Crippen LogP contribution in [-0.4, -0.2) is 145 Å². The zero-order valence-electron chi connectivity index (χ0n) is 33.9. The number of anilines is 1. The molecule has 0 aliphatic carbocycles. The van der Waals surface area contributed by atoms with Gasteiger partial charge in [0.1, 0.15) is 12.4 Å². The van der Waals surface area contributed by atoms with Crippen LogP contribution in [-0.2, 0) is 38.1 Å². The number of nitrogens with zero attached hydrogens (tertiary/aromatic N) is 5. The van der Waals surface area contributed by atoms with Gasteiger partial charge >= 0.3 is 24.3 Å². The second-order valence-electron chi connectivity index (χ2n) is 16.4. The molecule has 17 heteroatoms. The number of likely N-dealkylation sites (N-methyl/N-ethyl adjacent to an activating group) is 1. The maximum Gasteiger partial charge on any atom is 0.420 e. The van der Waals surface area contributed by atoms with Crippen molar-refractivity contribution in [1.29, 1.82) is 0 Å². The predicted molar refractivity (Wildman–Crippen MR) is 215 cm³/mol. The van der Waals surface area contributed by atoms with E-state index < -0.39 is 40.6 Å². The van der Waals surface area contributed by atoms with E-state index in [0.29, 0.717) is 76.8 Å². The minimum atomic E-state index is -4.91. The zero-order valence-corrected chi connectivity index (χ0v) is 34.6. The highest BCUT2D eigenvalue weighted by molar-refractivity contribution is 6.32. The average molecular weight is 849 g/mol. The number of esters is 1. The fourth-order valence-electron chi connectivity index (χ4n) is 8.78. The van der Waals surface area contributed by atoms with Crippen molar-refractivity contribution < 1.29 is 46.9 Å². The average Bonchev–Trinajstić information content (AvgIpc) is 3.38. The molecule has 3 saturated heterocycles. The van der Waals surface area contributed by atoms with Gasteiger partial charge in [0, 0.05) is 64.0 Å². The number of carbonyl (C=O) groups is 4. The van der Waals surface area contributed by atoms with Crippen molar-refractivity contribution in [1.82, 2.24) is 24.5 Å². The summed E-state index contributed by atoms with van der Waals surface area (Å²) in [6, 6.07) is 9.22. The Morgan fingerprint density at radius 3 is 2.24 bits per heavy atom. The van der Waals surface area contributed by atoms with Crippen LogP contribution in [0.4, 0.5) is 28.4 Å². The second-order valence-corrected chi connectivity index (χ2v) is 16.8. The fraction of sp³-hybridized carbons (Fsp3) is 0.619. The number of carbonyl (C=O) groups excluding carboxylic acids is 4. The first-order valence-electron chi connectivity index (χ1n) is 20.7. The van der Waals surface area contributed by atoms with Crippen LogP contribution >= 0.6 is 11.6 Å². The van der Waals surface area contributed by atoms with E-state index in [1.807, 2.05) is 43.3 Å². The number of hydrogen-bond donors (Lipinski definition) is 2. The van der Waals surface area contributed by atoms with Crippen LogP contribution in [0.3, 0.4) is 0 Å². The summed E-state index contributed by atoms with van der Waals surface area (Å²) < 4.78 is 52.7. The van der Waals surface area contributed by atoms with Gasteiger partial charge in [-0.05, 0) is 113 Å². The lowest BCUT2D eigenvalue weighted by atomic mass is 9.78. The van der Waals surface area contributed by atoms with E-state index in [-0.39, 0.29) is 43.1 Å². The van der Waals surface area contributed by atoms with Crippen LogP contribution in [0.15, 0.2) is 36.4 Å². The largest absolute Gasteiger partial charge is 0.506 e. The number of alkyl halides is 3. The van der Waals surface area contributed by atoms with Crippen molar-refractivity contribution in [3.05, 3.63) is 58.1 Å². The lowest BCUT2D eigenvalue weighted by molar-refractivity contribution is -0.145. The lowest BCUT2D eigenvalue weighted by Crippen LogP contribution is -2.52. The molecule has 2 aromatic carbocycles. The van der Waals surface area contributed by atoms with E-state index in [1.165, 1.54) is 4.90 Å². The molecule has 0 aromatic heterocycles. The Labute approximate surface area is 348 Å². The number of amides is 4. The van der Waals surface area contributed by atoms with Gasteiger partial charge in [0.05, 0.1) is 17.0 Å². The van der Waals surface area contributed by atoms with Crippen LogP contribution in [0.1, 0.15) is 61.6 Å². The quantitative estimate of drug-likeness (QED) is 0.243. The zero-order chi connectivity index (χ0) is 42.3. The molecule has 0 radical (unpaired) electrons. The summed E-state index contributed by atoms with van der Waals surface area (Å²) >= 11 is 6.03. The molecule has 0 bridgehead atoms. The van der Waals surface area contributed by atoms with Crippen LogP contribution in [0.5, 0.6) is 5.75 Å². The Morgan fingerprint density at radius 1 is 0.932 bits per heavy atom. The molecule has 2 N–H and O–H groups in total. The first-order chi connectivity index (χ1) is 28.2. The molecule has 0 spiro atoms. The molecular weight excluding hydrogens is 793 g/mol. The van der Waals surface area contributed by atoms with Crippen molar-refractivity contribution in [2.45, 2.75) is 76.1 Å². The first kappa shape index (κ1) is 44.3. The molecule has 324 valence electrons. The number of ether oxygens (including phenoxy) is 2. The van der Waals surface area contributed by atoms with Crippen LogP contribution in [0.2, 0.25) is 5.02 Å². The van der Waals surface area contributed by atoms with Crippen molar-refractivity contribution in [2.75, 3.05) is 84.9 Å². The maximum absolute atomic E-state index is 14.2. The Bertz CT molecular complexity index is 1790. The van der Waals surface area contributed by atoms with Gasteiger partial charge in [-0.3, -0.25) is 9.59 Å². The summed E-state index contributed by atoms with van der Waals surface area (Å²) in [5.74, 6) is -0.969. The second kappa shape index (κ2) is 19.9. The number of halogens is 4. The van der Waals surface area contributed by atoms with Gasteiger partial charge in [-0.15, -0.1) is 0 Å². The highest BCUT2D eigenvalue weighted by Crippen LogP contribution is 2.41. The van der Waals surface area contributed by atoms with Crippen molar-refractivity contribution >= 4 is 41.3 Å². The van der Waals surface area contributed by atoms with E-state index in [1.54, 1.807) is 9.80 Å². The molecule has 0 saturated carbocycles. The number of likely N-dealkylation sites (tertiary alicyclic amines) is 3. The lowest BCUT2D eigenvalue weighted by Gasteiger charge is -2.41. The number of urea groups is 1. The van der Waals surface area contributed by atoms with Gasteiger partial charge in [-0.2, -0.15) is 13.2 Å². The summed E-state index contributed by atoms with van der Waals surface area (Å²) in [7, 11) is 3.85. The number of para-hydroxylation sites is 1. The molecule has 13 nitrogen and oxygen atoms in total. The normalized spacial score (nSPS) is 19.6. The minimum absolute atomic E-state index is 0.0124. The van der Waals surface area contributed by atoms with Gasteiger partial charge < -0.3 is 44.4 Å². The minimum Gasteiger partial charge on any atom is -0.506 e. The van der Waals surface area contributed by atoms with E-state index in [2.05, 4.69) is 10.2 Å². The Hall–Kier alpha value is -4.28. The molecule has 4 heterocycles. The third-order valence-corrected chi connectivity index (χ3v) is 12.5. The molecule has 4 aliphatic rings. The van der Waals surface area contributed by atoms with Crippen molar-refractivity contribution in [3.8, 4) is 5.75 Å². The molecule has 0 unspecified atom stereocenters. The fourth-order valence-corrected chi connectivity index (χ4v) is 9.03. The summed E-state index contributed by atoms with van der Waals surface area (Å²) in [4.78, 5) is 62.3. The Kier molecular flexibility index (Phi) is 14.9. The Morgan fingerprint density at radius 2 is 1.58 bits per heavy atom. The molecular formula is C42H56ClF3N6O7. The molecule has 6 rings (SSSR count). The number of benzene rings is 2. The molecule has 59 heavy (non-hydrogen) atoms. The highest BCUT2D eigenvalue weighted by atomic mass is 35.5. The third kappa shape index (κ3) is 11.7. The van der Waals surface area contributed by atoms with Gasteiger partial charge in [-0.25, -0.2) is 9.59 Å². The molecule has 3 fully saturated rings. The van der Waals surface area contributed by atoms with E-state index in [0.717, 1.165) is 62.2 Å². The monoisotopic (exact) mass is 848 g/mol. The number of rotatable bonds is 12. The molecule has 4 amide bonds. The maximum atomic E-state index is 14.2. The third-order valence-electron chi connectivity index (χ3n) is 12.3. The number of fused-ring (bicyclic) bond motifs is 1. The summed E-state index contributed by atoms with van der Waals surface area (Å²) in [5, 5.41) is 12.5. The number of hydrogen-bond acceptors (Lipinski definition) is 9. The smallest absolute Gasteiger partial charge is 0.420 e. The van der Waals surface area contributed by atoms with Gasteiger partial charge in [0.2, 0.25) is 0 Å². The Balaban J connectivity index is 1.04. The summed E-state index contributed by atoms with van der Waals surface area (Å²) in [5.41, 5.74) is 0.474. The number of aromatic hydroxyl groups is 1. The van der Waals surface area contributed by atoms with Gasteiger partial charge in [0.25, 0.3) is 5.91 Å². The summed E-state index contributed by atoms with van der Waals surface area (Å²) in [6.07, 6.45) is -2.06. The molecule has 1 atom stereocenters. The van der Waals surface area contributed by atoms with Gasteiger partial charge in [0.15, 0.2) is 6.10 Å². The van der Waals surface area contributed by atoms with Gasteiger partial charge in [-0.1, -0.05) is 29.8 Å². The van der Waals surface area contributed by atoms with Crippen LogP contribution in [0, 0.1) is 11.8 Å².